The van der Waals surface area contributed by atoms with Crippen molar-refractivity contribution in [2.45, 2.75) is 23.3 Å². The standard InChI is InChI=1S/C19H18N4O4S/c1-23-9-13(11-3-6-20-16(11)17(23)24)12-7-10(28(2,26)27)8-14-15(12)22-19(4-5-19)18(25)21-14/h3,6-9,20,22H,4-5H2,1-2H3,(H,21,25). The van der Waals surface area contributed by atoms with Crippen LogP contribution in [0.5, 0.6) is 0 Å². The summed E-state index contributed by atoms with van der Waals surface area (Å²) in [5.74, 6) is -0.149. The molecule has 1 amide bonds. The fourth-order valence-corrected chi connectivity index (χ4v) is 4.44. The van der Waals surface area contributed by atoms with Gasteiger partial charge in [0, 0.05) is 42.2 Å². The number of benzene rings is 1. The number of aryl methyl sites for hydroxylation is 1. The summed E-state index contributed by atoms with van der Waals surface area (Å²) in [5, 5.41) is 6.88. The molecule has 3 N–H and O–H groups in total. The van der Waals surface area contributed by atoms with E-state index in [0.717, 1.165) is 19.1 Å². The first-order chi connectivity index (χ1) is 13.2. The van der Waals surface area contributed by atoms with Crippen LogP contribution in [0.2, 0.25) is 0 Å². The summed E-state index contributed by atoms with van der Waals surface area (Å²) in [7, 11) is -1.86. The zero-order chi connectivity index (χ0) is 19.8. The van der Waals surface area contributed by atoms with Crippen molar-refractivity contribution in [2.24, 2.45) is 7.05 Å². The van der Waals surface area contributed by atoms with E-state index >= 15 is 0 Å². The molecule has 5 rings (SSSR count). The molecule has 3 aromatic rings. The smallest absolute Gasteiger partial charge is 0.274 e. The van der Waals surface area contributed by atoms with Gasteiger partial charge >= 0.3 is 0 Å². The van der Waals surface area contributed by atoms with Gasteiger partial charge in [-0.1, -0.05) is 0 Å². The Kier molecular flexibility index (Phi) is 3.20. The highest BCUT2D eigenvalue weighted by Gasteiger charge is 2.53. The maximum Gasteiger partial charge on any atom is 0.274 e. The number of H-pyrrole nitrogens is 1. The Hall–Kier alpha value is -3.07. The number of hydrogen-bond acceptors (Lipinski definition) is 5. The zero-order valence-electron chi connectivity index (χ0n) is 15.3. The number of hydrogen-bond donors (Lipinski definition) is 3. The van der Waals surface area contributed by atoms with E-state index in [1.165, 1.54) is 10.6 Å². The summed E-state index contributed by atoms with van der Waals surface area (Å²) in [5.41, 5.74) is 2.08. The van der Waals surface area contributed by atoms with Crippen LogP contribution in [-0.4, -0.2) is 35.7 Å². The van der Waals surface area contributed by atoms with E-state index in [0.29, 0.717) is 33.4 Å². The average molecular weight is 398 g/mol. The van der Waals surface area contributed by atoms with Gasteiger partial charge in [-0.3, -0.25) is 9.59 Å². The molecule has 0 saturated heterocycles. The number of amides is 1. The van der Waals surface area contributed by atoms with Gasteiger partial charge in [-0.2, -0.15) is 0 Å². The van der Waals surface area contributed by atoms with Gasteiger partial charge < -0.3 is 20.2 Å². The molecule has 1 aliphatic carbocycles. The number of rotatable bonds is 2. The molecular weight excluding hydrogens is 380 g/mol. The largest absolute Gasteiger partial charge is 0.369 e. The highest BCUT2D eigenvalue weighted by molar-refractivity contribution is 7.90. The third-order valence-electron chi connectivity index (χ3n) is 5.52. The Morgan fingerprint density at radius 3 is 2.57 bits per heavy atom. The van der Waals surface area contributed by atoms with Crippen molar-refractivity contribution in [2.75, 3.05) is 16.9 Å². The maximum atomic E-state index is 12.4. The molecule has 9 heteroatoms. The van der Waals surface area contributed by atoms with Crippen LogP contribution in [0.15, 0.2) is 40.3 Å². The van der Waals surface area contributed by atoms with Crippen LogP contribution in [0, 0.1) is 0 Å². The number of aromatic nitrogens is 2. The van der Waals surface area contributed by atoms with Crippen molar-refractivity contribution < 1.29 is 13.2 Å². The molecule has 1 aliphatic heterocycles. The highest BCUT2D eigenvalue weighted by atomic mass is 32.2. The molecule has 1 aromatic carbocycles. The number of carbonyl (C=O) groups excluding carboxylic acids is 1. The van der Waals surface area contributed by atoms with Gasteiger partial charge in [0.2, 0.25) is 5.91 Å². The molecule has 0 bridgehead atoms. The molecule has 0 atom stereocenters. The summed E-state index contributed by atoms with van der Waals surface area (Å²) in [6.07, 6.45) is 5.94. The van der Waals surface area contributed by atoms with E-state index in [4.69, 9.17) is 0 Å². The molecule has 28 heavy (non-hydrogen) atoms. The van der Waals surface area contributed by atoms with Crippen molar-refractivity contribution in [1.29, 1.82) is 0 Å². The van der Waals surface area contributed by atoms with Crippen LogP contribution < -0.4 is 16.2 Å². The van der Waals surface area contributed by atoms with Crippen molar-refractivity contribution in [3.8, 4) is 11.1 Å². The van der Waals surface area contributed by atoms with E-state index in [2.05, 4.69) is 15.6 Å². The minimum absolute atomic E-state index is 0.104. The Balaban J connectivity index is 1.86. The molecule has 3 heterocycles. The molecule has 144 valence electrons. The monoisotopic (exact) mass is 398 g/mol. The number of nitrogens with one attached hydrogen (secondary N) is 3. The number of anilines is 2. The van der Waals surface area contributed by atoms with Crippen LogP contribution in [0.3, 0.4) is 0 Å². The van der Waals surface area contributed by atoms with Gasteiger partial charge in [-0.15, -0.1) is 0 Å². The number of sulfone groups is 1. The van der Waals surface area contributed by atoms with Gasteiger partial charge in [0.05, 0.1) is 16.3 Å². The van der Waals surface area contributed by atoms with Crippen molar-refractivity contribution >= 4 is 38.0 Å². The topological polar surface area (TPSA) is 113 Å². The van der Waals surface area contributed by atoms with E-state index in [-0.39, 0.29) is 16.4 Å². The van der Waals surface area contributed by atoms with E-state index in [1.807, 2.05) is 0 Å². The quantitative estimate of drug-likeness (QED) is 0.610. The number of carbonyl (C=O) groups is 1. The summed E-state index contributed by atoms with van der Waals surface area (Å²) >= 11 is 0. The lowest BCUT2D eigenvalue weighted by Crippen LogP contribution is -2.41. The molecule has 8 nitrogen and oxygen atoms in total. The third kappa shape index (κ3) is 2.32. The Morgan fingerprint density at radius 2 is 1.89 bits per heavy atom. The molecule has 2 aromatic heterocycles. The first-order valence-electron chi connectivity index (χ1n) is 8.84. The van der Waals surface area contributed by atoms with Gasteiger partial charge in [0.1, 0.15) is 11.1 Å². The first-order valence-corrected chi connectivity index (χ1v) is 10.7. The van der Waals surface area contributed by atoms with E-state index in [1.54, 1.807) is 31.6 Å². The minimum Gasteiger partial charge on any atom is -0.369 e. The molecule has 1 spiro atoms. The second-order valence-electron chi connectivity index (χ2n) is 7.55. The van der Waals surface area contributed by atoms with Crippen molar-refractivity contribution in [1.82, 2.24) is 9.55 Å². The van der Waals surface area contributed by atoms with Crippen LogP contribution in [0.1, 0.15) is 12.8 Å². The Morgan fingerprint density at radius 1 is 1.14 bits per heavy atom. The number of nitrogens with zero attached hydrogens (tertiary/aromatic N) is 1. The molecule has 2 aliphatic rings. The van der Waals surface area contributed by atoms with E-state index in [9.17, 15) is 18.0 Å². The van der Waals surface area contributed by atoms with Gasteiger partial charge in [0.25, 0.3) is 5.56 Å². The fraction of sp³-hybridized carbons (Fsp3) is 0.263. The number of pyridine rings is 1. The molecular formula is C19H18N4O4S. The van der Waals surface area contributed by atoms with E-state index < -0.39 is 15.4 Å². The lowest BCUT2D eigenvalue weighted by molar-refractivity contribution is -0.117. The van der Waals surface area contributed by atoms with Crippen LogP contribution in [0.4, 0.5) is 11.4 Å². The average Bonchev–Trinajstić information content (AvgIpc) is 3.23. The van der Waals surface area contributed by atoms with Crippen LogP contribution >= 0.6 is 0 Å². The second kappa shape index (κ2) is 5.26. The summed E-state index contributed by atoms with van der Waals surface area (Å²) in [6.45, 7) is 0. The van der Waals surface area contributed by atoms with Gasteiger partial charge in [-0.05, 0) is 31.0 Å². The first kappa shape index (κ1) is 17.1. The fourth-order valence-electron chi connectivity index (χ4n) is 3.77. The lowest BCUT2D eigenvalue weighted by Gasteiger charge is -2.29. The molecule has 0 radical (unpaired) electrons. The van der Waals surface area contributed by atoms with Gasteiger partial charge in [-0.25, -0.2) is 8.42 Å². The van der Waals surface area contributed by atoms with Crippen LogP contribution in [-0.2, 0) is 21.7 Å². The minimum atomic E-state index is -3.51. The van der Waals surface area contributed by atoms with Crippen LogP contribution in [0.25, 0.3) is 22.0 Å². The molecule has 0 unspecified atom stereocenters. The predicted molar refractivity (Wildman–Crippen MR) is 106 cm³/mol. The van der Waals surface area contributed by atoms with Crippen molar-refractivity contribution in [3.63, 3.8) is 0 Å². The number of fused-ring (bicyclic) bond motifs is 2. The summed E-state index contributed by atoms with van der Waals surface area (Å²) < 4.78 is 26.0. The Bertz CT molecular complexity index is 1350. The maximum absolute atomic E-state index is 12.4. The lowest BCUT2D eigenvalue weighted by atomic mass is 9.98. The van der Waals surface area contributed by atoms with Crippen molar-refractivity contribution in [3.05, 3.63) is 40.9 Å². The summed E-state index contributed by atoms with van der Waals surface area (Å²) in [4.78, 5) is 27.9. The molecule has 1 fully saturated rings. The zero-order valence-corrected chi connectivity index (χ0v) is 16.1. The Labute approximate surface area is 160 Å². The number of aromatic amines is 1. The summed E-state index contributed by atoms with van der Waals surface area (Å²) in [6, 6.07) is 4.87. The molecule has 1 saturated carbocycles. The normalized spacial score (nSPS) is 17.3. The highest BCUT2D eigenvalue weighted by Crippen LogP contribution is 2.49. The third-order valence-corrected chi connectivity index (χ3v) is 6.61. The SMILES string of the molecule is Cn1cc(-c2cc(S(C)(=O)=O)cc3c2NC2(CC2)C(=O)N3)c2cc[nH]c2c1=O. The predicted octanol–water partition coefficient (Wildman–Crippen LogP) is 1.83. The van der Waals surface area contributed by atoms with Gasteiger partial charge in [0.15, 0.2) is 9.84 Å². The second-order valence-corrected chi connectivity index (χ2v) is 9.57.